The lowest BCUT2D eigenvalue weighted by atomic mass is 10.1. The van der Waals surface area contributed by atoms with Gasteiger partial charge in [-0.3, -0.25) is 4.79 Å². The molecule has 0 aromatic carbocycles. The zero-order valence-electron chi connectivity index (χ0n) is 14.3. The summed E-state index contributed by atoms with van der Waals surface area (Å²) in [6.45, 7) is 2.24. The van der Waals surface area contributed by atoms with Gasteiger partial charge in [0.2, 0.25) is 0 Å². The fourth-order valence-electron chi connectivity index (χ4n) is 2.21. The van der Waals surface area contributed by atoms with Gasteiger partial charge < -0.3 is 5.11 Å². The minimum atomic E-state index is -0.679. The Balaban J connectivity index is 3.30. The summed E-state index contributed by atoms with van der Waals surface area (Å²) in [5.41, 5.74) is 0. The molecule has 2 heteroatoms. The molecule has 2 nitrogen and oxygen atoms in total. The number of allylic oxidation sites excluding steroid dienone is 6. The van der Waals surface area contributed by atoms with E-state index in [0.717, 1.165) is 38.5 Å². The van der Waals surface area contributed by atoms with Crippen LogP contribution in [0, 0.1) is 0 Å². The average molecular weight is 306 g/mol. The van der Waals surface area contributed by atoms with Crippen LogP contribution in [-0.4, -0.2) is 11.1 Å². The molecular formula is C20H34O2. The van der Waals surface area contributed by atoms with Gasteiger partial charge in [0.15, 0.2) is 0 Å². The Morgan fingerprint density at radius 1 is 0.773 bits per heavy atom. The molecule has 0 saturated carbocycles. The van der Waals surface area contributed by atoms with Crippen LogP contribution in [0.5, 0.6) is 0 Å². The van der Waals surface area contributed by atoms with Gasteiger partial charge in [0.1, 0.15) is 0 Å². The molecule has 0 saturated heterocycles. The van der Waals surface area contributed by atoms with Crippen LogP contribution in [-0.2, 0) is 4.79 Å². The zero-order chi connectivity index (χ0) is 16.3. The normalized spacial score (nSPS) is 12.0. The van der Waals surface area contributed by atoms with Gasteiger partial charge in [0.05, 0.1) is 0 Å². The van der Waals surface area contributed by atoms with Gasteiger partial charge in [-0.15, -0.1) is 0 Å². The van der Waals surface area contributed by atoms with Crippen LogP contribution in [0.1, 0.15) is 84.0 Å². The highest BCUT2D eigenvalue weighted by Crippen LogP contribution is 2.06. The lowest BCUT2D eigenvalue weighted by Gasteiger charge is -1.96. The Labute approximate surface area is 137 Å². The maximum absolute atomic E-state index is 10.3. The Kier molecular flexibility index (Phi) is 16.7. The molecule has 1 N–H and O–H groups in total. The molecule has 126 valence electrons. The predicted octanol–water partition coefficient (Wildman–Crippen LogP) is 6.44. The number of rotatable bonds is 15. The van der Waals surface area contributed by atoms with Gasteiger partial charge in [0, 0.05) is 6.42 Å². The SMILES string of the molecule is CCCCCCC=CC=CCC=CCCCCCCC(=O)O. The number of aliphatic carboxylic acids is 1. The molecular weight excluding hydrogens is 272 g/mol. The number of unbranched alkanes of at least 4 members (excludes halogenated alkanes) is 8. The van der Waals surface area contributed by atoms with Crippen molar-refractivity contribution in [3.8, 4) is 0 Å². The van der Waals surface area contributed by atoms with Crippen LogP contribution in [0.4, 0.5) is 0 Å². The summed E-state index contributed by atoms with van der Waals surface area (Å²) in [5, 5.41) is 8.52. The highest BCUT2D eigenvalue weighted by Gasteiger charge is 1.95. The van der Waals surface area contributed by atoms with Gasteiger partial charge in [-0.2, -0.15) is 0 Å². The van der Waals surface area contributed by atoms with Crippen LogP contribution in [0.3, 0.4) is 0 Å². The number of hydrogen-bond donors (Lipinski definition) is 1. The standard InChI is InChI=1S/C20H34O2/c1-2-3-4-5-6-7-8-9-10-11-12-13-14-15-16-17-18-19-20(21)22/h7-10,12-13H,2-6,11,14-19H2,1H3,(H,21,22). The first-order valence-corrected chi connectivity index (χ1v) is 8.95. The van der Waals surface area contributed by atoms with Gasteiger partial charge in [0.25, 0.3) is 0 Å². The van der Waals surface area contributed by atoms with Crippen molar-refractivity contribution in [2.45, 2.75) is 84.0 Å². The Bertz CT molecular complexity index is 327. The van der Waals surface area contributed by atoms with Crippen molar-refractivity contribution in [2.24, 2.45) is 0 Å². The third-order valence-corrected chi connectivity index (χ3v) is 3.56. The molecule has 0 radical (unpaired) electrons. The molecule has 0 fully saturated rings. The van der Waals surface area contributed by atoms with Gasteiger partial charge in [-0.05, 0) is 38.5 Å². The average Bonchev–Trinajstić information content (AvgIpc) is 2.50. The van der Waals surface area contributed by atoms with E-state index < -0.39 is 5.97 Å². The summed E-state index contributed by atoms with van der Waals surface area (Å²) in [7, 11) is 0. The number of carboxylic acids is 1. The highest BCUT2D eigenvalue weighted by atomic mass is 16.4. The van der Waals surface area contributed by atoms with Crippen LogP contribution in [0.25, 0.3) is 0 Å². The predicted molar refractivity (Wildman–Crippen MR) is 96.1 cm³/mol. The van der Waals surface area contributed by atoms with Crippen molar-refractivity contribution in [3.63, 3.8) is 0 Å². The molecule has 0 aliphatic rings. The first kappa shape index (κ1) is 20.7. The molecule has 22 heavy (non-hydrogen) atoms. The van der Waals surface area contributed by atoms with Crippen LogP contribution in [0.2, 0.25) is 0 Å². The topological polar surface area (TPSA) is 37.3 Å². The third kappa shape index (κ3) is 18.7. The van der Waals surface area contributed by atoms with Gasteiger partial charge in [-0.1, -0.05) is 75.5 Å². The van der Waals surface area contributed by atoms with E-state index in [1.807, 2.05) is 0 Å². The summed E-state index contributed by atoms with van der Waals surface area (Å²) >= 11 is 0. The summed E-state index contributed by atoms with van der Waals surface area (Å²) in [6.07, 6.45) is 26.3. The lowest BCUT2D eigenvalue weighted by molar-refractivity contribution is -0.137. The van der Waals surface area contributed by atoms with Crippen LogP contribution < -0.4 is 0 Å². The molecule has 0 aromatic heterocycles. The zero-order valence-corrected chi connectivity index (χ0v) is 14.3. The summed E-state index contributed by atoms with van der Waals surface area (Å²) in [5.74, 6) is -0.679. The monoisotopic (exact) mass is 306 g/mol. The van der Waals surface area contributed by atoms with Crippen molar-refractivity contribution in [1.29, 1.82) is 0 Å². The van der Waals surface area contributed by atoms with Crippen LogP contribution in [0.15, 0.2) is 36.5 Å². The van der Waals surface area contributed by atoms with Gasteiger partial charge in [-0.25, -0.2) is 0 Å². The molecule has 0 rings (SSSR count). The second kappa shape index (κ2) is 17.7. The molecule has 0 spiro atoms. The summed E-state index contributed by atoms with van der Waals surface area (Å²) < 4.78 is 0. The van der Waals surface area contributed by atoms with Crippen molar-refractivity contribution in [2.75, 3.05) is 0 Å². The van der Waals surface area contributed by atoms with E-state index in [4.69, 9.17) is 5.11 Å². The number of carbonyl (C=O) groups is 1. The number of carboxylic acid groups (broad SMARTS) is 1. The minimum absolute atomic E-state index is 0.312. The highest BCUT2D eigenvalue weighted by molar-refractivity contribution is 5.66. The Hall–Kier alpha value is -1.31. The first-order chi connectivity index (χ1) is 10.8. The van der Waals surface area contributed by atoms with E-state index in [9.17, 15) is 4.79 Å². The minimum Gasteiger partial charge on any atom is -0.481 e. The van der Waals surface area contributed by atoms with E-state index in [2.05, 4.69) is 43.4 Å². The van der Waals surface area contributed by atoms with Crippen molar-refractivity contribution >= 4 is 5.97 Å². The van der Waals surface area contributed by atoms with Crippen molar-refractivity contribution < 1.29 is 9.90 Å². The Morgan fingerprint density at radius 3 is 2.14 bits per heavy atom. The van der Waals surface area contributed by atoms with E-state index in [0.29, 0.717) is 6.42 Å². The molecule has 0 atom stereocenters. The first-order valence-electron chi connectivity index (χ1n) is 8.95. The molecule has 0 aromatic rings. The molecule has 0 aliphatic heterocycles. The summed E-state index contributed by atoms with van der Waals surface area (Å²) in [6, 6.07) is 0. The smallest absolute Gasteiger partial charge is 0.303 e. The fourth-order valence-corrected chi connectivity index (χ4v) is 2.21. The van der Waals surface area contributed by atoms with E-state index in [1.165, 1.54) is 32.1 Å². The van der Waals surface area contributed by atoms with Gasteiger partial charge >= 0.3 is 5.97 Å². The molecule has 0 bridgehead atoms. The van der Waals surface area contributed by atoms with Crippen LogP contribution >= 0.6 is 0 Å². The van der Waals surface area contributed by atoms with E-state index in [-0.39, 0.29) is 0 Å². The Morgan fingerprint density at radius 2 is 1.41 bits per heavy atom. The quantitative estimate of drug-likeness (QED) is 0.215. The summed E-state index contributed by atoms with van der Waals surface area (Å²) in [4.78, 5) is 10.3. The number of hydrogen-bond acceptors (Lipinski definition) is 1. The molecule has 0 heterocycles. The maximum Gasteiger partial charge on any atom is 0.303 e. The van der Waals surface area contributed by atoms with E-state index in [1.54, 1.807) is 0 Å². The molecule has 0 unspecified atom stereocenters. The third-order valence-electron chi connectivity index (χ3n) is 3.56. The fraction of sp³-hybridized carbons (Fsp3) is 0.650. The molecule has 0 aliphatic carbocycles. The second-order valence-electron chi connectivity index (χ2n) is 5.76. The van der Waals surface area contributed by atoms with E-state index >= 15 is 0 Å². The van der Waals surface area contributed by atoms with Crippen molar-refractivity contribution in [1.82, 2.24) is 0 Å². The largest absolute Gasteiger partial charge is 0.481 e. The second-order valence-corrected chi connectivity index (χ2v) is 5.76. The van der Waals surface area contributed by atoms with Crippen molar-refractivity contribution in [3.05, 3.63) is 36.5 Å². The molecule has 0 amide bonds. The maximum atomic E-state index is 10.3. The lowest BCUT2D eigenvalue weighted by Crippen LogP contribution is -1.93.